The van der Waals surface area contributed by atoms with E-state index in [2.05, 4.69) is 0 Å². The summed E-state index contributed by atoms with van der Waals surface area (Å²) in [6.07, 6.45) is 1.39. The van der Waals surface area contributed by atoms with Gasteiger partial charge in [0.2, 0.25) is 0 Å². The average Bonchev–Trinajstić information content (AvgIpc) is 2.67. The number of carboxylic acid groups (broad SMARTS) is 1. The third kappa shape index (κ3) is 3.26. The number of rotatable bonds is 4. The van der Waals surface area contributed by atoms with Gasteiger partial charge in [-0.3, -0.25) is 29.4 Å². The molecule has 0 unspecified atom stereocenters. The van der Waals surface area contributed by atoms with E-state index in [-0.39, 0.29) is 10.6 Å². The fourth-order valence-corrected chi connectivity index (χ4v) is 2.45. The maximum Gasteiger partial charge on any atom is 0.323 e. The van der Waals surface area contributed by atoms with Gasteiger partial charge < -0.3 is 5.11 Å². The number of nitro groups is 1. The number of non-ortho nitro benzene ring substituents is 1. The Hall–Kier alpha value is -2.68. The number of hydrogen-bond acceptors (Lipinski definition) is 6. The van der Waals surface area contributed by atoms with E-state index in [4.69, 9.17) is 5.11 Å². The van der Waals surface area contributed by atoms with Gasteiger partial charge in [0.1, 0.15) is 6.54 Å². The van der Waals surface area contributed by atoms with Gasteiger partial charge >= 0.3 is 5.97 Å². The predicted molar refractivity (Wildman–Crippen MR) is 73.4 cm³/mol. The third-order valence-corrected chi connectivity index (χ3v) is 3.48. The highest BCUT2D eigenvalue weighted by molar-refractivity contribution is 8.18. The lowest BCUT2D eigenvalue weighted by Crippen LogP contribution is -2.33. The largest absolute Gasteiger partial charge is 0.480 e. The number of aliphatic carboxylic acids is 1. The second-order valence-electron chi connectivity index (χ2n) is 4.01. The van der Waals surface area contributed by atoms with Gasteiger partial charge in [0.25, 0.3) is 16.8 Å². The van der Waals surface area contributed by atoms with Crippen LogP contribution in [-0.2, 0) is 9.59 Å². The van der Waals surface area contributed by atoms with Crippen LogP contribution in [0.15, 0.2) is 29.2 Å². The molecule has 0 bridgehead atoms. The molecule has 0 aromatic heterocycles. The molecule has 1 aliphatic rings. The Bertz CT molecular complexity index is 667. The summed E-state index contributed by atoms with van der Waals surface area (Å²) in [6, 6.07) is 5.41. The molecule has 0 aliphatic carbocycles. The zero-order valence-corrected chi connectivity index (χ0v) is 11.2. The molecule has 0 atom stereocenters. The van der Waals surface area contributed by atoms with E-state index in [1.807, 2.05) is 0 Å². The molecule has 1 N–H and O–H groups in total. The molecular formula is C12H8N2O6S. The molecule has 2 rings (SSSR count). The molecular weight excluding hydrogens is 300 g/mol. The highest BCUT2D eigenvalue weighted by Gasteiger charge is 2.36. The molecule has 108 valence electrons. The van der Waals surface area contributed by atoms with Crippen LogP contribution in [-0.4, -0.2) is 38.6 Å². The standard InChI is InChI=1S/C12H8N2O6S/c15-10(16)6-13-11(17)9(21-12(13)18)5-7-1-3-8(4-2-7)14(19)20/h1-5H,6H2,(H,15,16)/b9-5-. The van der Waals surface area contributed by atoms with E-state index < -0.39 is 28.6 Å². The van der Waals surface area contributed by atoms with Crippen LogP contribution >= 0.6 is 11.8 Å². The van der Waals surface area contributed by atoms with Crippen molar-refractivity contribution < 1.29 is 24.4 Å². The Morgan fingerprint density at radius 1 is 1.33 bits per heavy atom. The van der Waals surface area contributed by atoms with Crippen LogP contribution in [0.5, 0.6) is 0 Å². The van der Waals surface area contributed by atoms with Crippen molar-refractivity contribution in [2.75, 3.05) is 6.54 Å². The highest BCUT2D eigenvalue weighted by atomic mass is 32.2. The first-order chi connectivity index (χ1) is 9.88. The van der Waals surface area contributed by atoms with Gasteiger partial charge in [-0.1, -0.05) is 0 Å². The summed E-state index contributed by atoms with van der Waals surface area (Å²) in [5, 5.41) is 18.5. The smallest absolute Gasteiger partial charge is 0.323 e. The van der Waals surface area contributed by atoms with Crippen molar-refractivity contribution in [1.29, 1.82) is 0 Å². The number of imide groups is 1. The second kappa shape index (κ2) is 5.75. The van der Waals surface area contributed by atoms with Crippen molar-refractivity contribution in [3.8, 4) is 0 Å². The number of carbonyl (C=O) groups is 3. The topological polar surface area (TPSA) is 118 Å². The van der Waals surface area contributed by atoms with E-state index in [0.29, 0.717) is 22.2 Å². The fourth-order valence-electron chi connectivity index (χ4n) is 1.62. The molecule has 1 aliphatic heterocycles. The van der Waals surface area contributed by atoms with Crippen molar-refractivity contribution in [3.63, 3.8) is 0 Å². The first kappa shape index (κ1) is 14.7. The first-order valence-electron chi connectivity index (χ1n) is 5.60. The minimum absolute atomic E-state index is 0.0788. The van der Waals surface area contributed by atoms with Gasteiger partial charge in [0.05, 0.1) is 9.83 Å². The number of amides is 2. The number of benzene rings is 1. The van der Waals surface area contributed by atoms with Crippen LogP contribution < -0.4 is 0 Å². The number of carboxylic acids is 1. The molecule has 1 aromatic carbocycles. The normalized spacial score (nSPS) is 16.6. The van der Waals surface area contributed by atoms with Gasteiger partial charge in [-0.2, -0.15) is 0 Å². The van der Waals surface area contributed by atoms with Crippen molar-refractivity contribution >= 4 is 40.6 Å². The number of nitrogens with zero attached hydrogens (tertiary/aromatic N) is 2. The van der Waals surface area contributed by atoms with Gasteiger partial charge in [0, 0.05) is 12.1 Å². The Morgan fingerprint density at radius 3 is 2.48 bits per heavy atom. The zero-order valence-electron chi connectivity index (χ0n) is 10.4. The summed E-state index contributed by atoms with van der Waals surface area (Å²) < 4.78 is 0. The molecule has 1 aromatic rings. The lowest BCUT2D eigenvalue weighted by Gasteiger charge is -2.07. The molecule has 2 amide bonds. The Kier molecular flexibility index (Phi) is 4.03. The van der Waals surface area contributed by atoms with Crippen LogP contribution in [0, 0.1) is 10.1 Å². The van der Waals surface area contributed by atoms with E-state index >= 15 is 0 Å². The van der Waals surface area contributed by atoms with E-state index in [1.54, 1.807) is 0 Å². The predicted octanol–water partition coefficient (Wildman–Crippen LogP) is 1.72. The summed E-state index contributed by atoms with van der Waals surface area (Å²) in [5.41, 5.74) is 0.410. The minimum Gasteiger partial charge on any atom is -0.480 e. The molecule has 8 nitrogen and oxygen atoms in total. The van der Waals surface area contributed by atoms with Crippen LogP contribution in [0.3, 0.4) is 0 Å². The number of carbonyl (C=O) groups excluding carboxylic acids is 2. The lowest BCUT2D eigenvalue weighted by atomic mass is 10.2. The SMILES string of the molecule is O=C(O)CN1C(=O)S/C(=C\c2ccc([N+](=O)[O-])cc2)C1=O. The van der Waals surface area contributed by atoms with Crippen molar-refractivity contribution in [1.82, 2.24) is 4.90 Å². The average molecular weight is 308 g/mol. The molecule has 0 spiro atoms. The van der Waals surface area contributed by atoms with Gasteiger partial charge in [0.15, 0.2) is 0 Å². The number of thioether (sulfide) groups is 1. The third-order valence-electron chi connectivity index (χ3n) is 2.57. The molecule has 9 heteroatoms. The minimum atomic E-state index is -1.28. The van der Waals surface area contributed by atoms with E-state index in [0.717, 1.165) is 0 Å². The van der Waals surface area contributed by atoms with Crippen molar-refractivity contribution in [2.45, 2.75) is 0 Å². The quantitative estimate of drug-likeness (QED) is 0.511. The zero-order chi connectivity index (χ0) is 15.6. The number of nitro benzene ring substituents is 1. The summed E-state index contributed by atoms with van der Waals surface area (Å²) in [6.45, 7) is -0.692. The van der Waals surface area contributed by atoms with E-state index in [1.165, 1.54) is 30.3 Å². The van der Waals surface area contributed by atoms with Crippen LogP contribution in [0.4, 0.5) is 10.5 Å². The summed E-state index contributed by atoms with van der Waals surface area (Å²) in [4.78, 5) is 44.7. The lowest BCUT2D eigenvalue weighted by molar-refractivity contribution is -0.384. The van der Waals surface area contributed by atoms with E-state index in [9.17, 15) is 24.5 Å². The molecule has 0 saturated carbocycles. The fraction of sp³-hybridized carbons (Fsp3) is 0.0833. The van der Waals surface area contributed by atoms with Gasteiger partial charge in [-0.25, -0.2) is 0 Å². The maximum atomic E-state index is 11.9. The van der Waals surface area contributed by atoms with Gasteiger partial charge in [-0.05, 0) is 35.5 Å². The Balaban J connectivity index is 2.22. The molecule has 1 saturated heterocycles. The summed E-state index contributed by atoms with van der Waals surface area (Å²) in [5.74, 6) is -1.97. The molecule has 0 radical (unpaired) electrons. The Labute approximate surface area is 122 Å². The van der Waals surface area contributed by atoms with Crippen LogP contribution in [0.25, 0.3) is 6.08 Å². The molecule has 1 heterocycles. The molecule has 21 heavy (non-hydrogen) atoms. The van der Waals surface area contributed by atoms with Crippen molar-refractivity contribution in [2.24, 2.45) is 0 Å². The number of hydrogen-bond donors (Lipinski definition) is 1. The summed E-state index contributed by atoms with van der Waals surface area (Å²) >= 11 is 0.630. The monoisotopic (exact) mass is 308 g/mol. The van der Waals surface area contributed by atoms with Crippen LogP contribution in [0.1, 0.15) is 5.56 Å². The summed E-state index contributed by atoms with van der Waals surface area (Å²) in [7, 11) is 0. The maximum absolute atomic E-state index is 11.9. The first-order valence-corrected chi connectivity index (χ1v) is 6.42. The Morgan fingerprint density at radius 2 is 1.95 bits per heavy atom. The highest BCUT2D eigenvalue weighted by Crippen LogP contribution is 2.32. The van der Waals surface area contributed by atoms with Gasteiger partial charge in [-0.15, -0.1) is 0 Å². The van der Waals surface area contributed by atoms with Crippen molar-refractivity contribution in [3.05, 3.63) is 44.8 Å². The molecule has 1 fully saturated rings. The van der Waals surface area contributed by atoms with Crippen LogP contribution in [0.2, 0.25) is 0 Å². The second-order valence-corrected chi connectivity index (χ2v) is 5.00.